The number of sulfone groups is 1. The maximum absolute atomic E-state index is 12.8. The largest absolute Gasteiger partial charge is 0.480 e. The number of nitrogens with one attached hydrogen (secondary N) is 1. The van der Waals surface area contributed by atoms with E-state index in [2.05, 4.69) is 25.8 Å². The maximum Gasteiger partial charge on any atom is 0.324 e. The van der Waals surface area contributed by atoms with E-state index >= 15 is 0 Å². The average molecular weight is 401 g/mol. The number of carboxylic acid groups (broad SMARTS) is 1. The van der Waals surface area contributed by atoms with Crippen molar-refractivity contribution in [2.24, 2.45) is 0 Å². The molecule has 0 unspecified atom stereocenters. The van der Waals surface area contributed by atoms with Gasteiger partial charge in [0.2, 0.25) is 0 Å². The van der Waals surface area contributed by atoms with E-state index < -0.39 is 20.6 Å². The molecule has 0 bridgehead atoms. The van der Waals surface area contributed by atoms with Crippen molar-refractivity contribution < 1.29 is 18.3 Å². The highest BCUT2D eigenvalue weighted by molar-refractivity contribution is 7.93. The Morgan fingerprint density at radius 2 is 1.71 bits per heavy atom. The molecule has 0 saturated carbocycles. The van der Waals surface area contributed by atoms with Crippen LogP contribution in [0.25, 0.3) is 22.3 Å². The number of aliphatic carboxylic acids is 1. The van der Waals surface area contributed by atoms with Gasteiger partial charge in [-0.05, 0) is 50.2 Å². The topological polar surface area (TPSA) is 100 Å². The lowest BCUT2D eigenvalue weighted by molar-refractivity contribution is -0.139. The Morgan fingerprint density at radius 3 is 2.32 bits per heavy atom. The van der Waals surface area contributed by atoms with Crippen molar-refractivity contribution in [2.75, 3.05) is 0 Å². The molecule has 0 aliphatic rings. The number of pyridine rings is 1. The van der Waals surface area contributed by atoms with Crippen LogP contribution < -0.4 is 0 Å². The summed E-state index contributed by atoms with van der Waals surface area (Å²) in [7, 11) is -4.04. The minimum absolute atomic E-state index is 0.0191. The molecule has 2 aromatic heterocycles. The molecule has 28 heavy (non-hydrogen) atoms. The Morgan fingerprint density at radius 1 is 1.04 bits per heavy atom. The number of aromatic amines is 1. The summed E-state index contributed by atoms with van der Waals surface area (Å²) in [4.78, 5) is 19.4. The summed E-state index contributed by atoms with van der Waals surface area (Å²) in [5.41, 5.74) is 3.15. The smallest absolute Gasteiger partial charge is 0.324 e. The second-order valence-corrected chi connectivity index (χ2v) is 10.9. The SMILES string of the molecule is CC(C)(C)c1cccc(-c2cc3cc(S(=O)(=O)C(C)(C)C(=O)O)ccc3[nH]2)n1. The van der Waals surface area contributed by atoms with E-state index in [-0.39, 0.29) is 10.3 Å². The summed E-state index contributed by atoms with van der Waals surface area (Å²) in [6, 6.07) is 12.2. The van der Waals surface area contributed by atoms with Crippen LogP contribution in [0.4, 0.5) is 0 Å². The molecule has 1 aromatic carbocycles. The number of nitrogens with zero attached hydrogens (tertiary/aromatic N) is 1. The summed E-state index contributed by atoms with van der Waals surface area (Å²) >= 11 is 0. The molecule has 0 radical (unpaired) electrons. The van der Waals surface area contributed by atoms with Crippen LogP contribution in [0, 0.1) is 0 Å². The molecule has 0 spiro atoms. The van der Waals surface area contributed by atoms with Crippen molar-refractivity contribution in [3.8, 4) is 11.4 Å². The summed E-state index contributed by atoms with van der Waals surface area (Å²) in [6.45, 7) is 8.65. The van der Waals surface area contributed by atoms with Crippen LogP contribution >= 0.6 is 0 Å². The lowest BCUT2D eigenvalue weighted by Crippen LogP contribution is -2.40. The number of hydrogen-bond acceptors (Lipinski definition) is 4. The number of fused-ring (bicyclic) bond motifs is 1. The Kier molecular flexibility index (Phi) is 4.62. The molecule has 3 aromatic rings. The van der Waals surface area contributed by atoms with Gasteiger partial charge in [0, 0.05) is 22.0 Å². The van der Waals surface area contributed by atoms with Crippen molar-refractivity contribution in [2.45, 2.75) is 49.7 Å². The third kappa shape index (κ3) is 3.30. The number of H-pyrrole nitrogens is 1. The first kappa shape index (κ1) is 20.1. The van der Waals surface area contributed by atoms with Gasteiger partial charge in [-0.1, -0.05) is 26.8 Å². The highest BCUT2D eigenvalue weighted by atomic mass is 32.2. The molecule has 0 amide bonds. The van der Waals surface area contributed by atoms with Gasteiger partial charge in [0.25, 0.3) is 0 Å². The Bertz CT molecular complexity index is 1170. The molecule has 0 fully saturated rings. The Labute approximate surface area is 164 Å². The van der Waals surface area contributed by atoms with Crippen LogP contribution in [-0.4, -0.2) is 34.2 Å². The monoisotopic (exact) mass is 400 g/mol. The number of aromatic nitrogens is 2. The van der Waals surface area contributed by atoms with Crippen LogP contribution in [0.1, 0.15) is 40.3 Å². The quantitative estimate of drug-likeness (QED) is 0.685. The molecule has 7 heteroatoms. The van der Waals surface area contributed by atoms with E-state index in [0.717, 1.165) is 22.6 Å². The first-order valence-corrected chi connectivity index (χ1v) is 10.4. The van der Waals surface area contributed by atoms with Crippen LogP contribution in [0.15, 0.2) is 47.4 Å². The molecule has 148 valence electrons. The molecule has 2 N–H and O–H groups in total. The predicted octanol–water partition coefficient (Wildman–Crippen LogP) is 4.16. The Balaban J connectivity index is 2.09. The predicted molar refractivity (Wildman–Crippen MR) is 109 cm³/mol. The second-order valence-electron chi connectivity index (χ2n) is 8.41. The van der Waals surface area contributed by atoms with Gasteiger partial charge in [-0.25, -0.2) is 8.42 Å². The third-order valence-corrected chi connectivity index (χ3v) is 7.28. The minimum atomic E-state index is -4.04. The third-order valence-electron chi connectivity index (χ3n) is 4.88. The van der Waals surface area contributed by atoms with Crippen molar-refractivity contribution in [1.29, 1.82) is 0 Å². The fourth-order valence-corrected chi connectivity index (χ4v) is 4.18. The minimum Gasteiger partial charge on any atom is -0.480 e. The maximum atomic E-state index is 12.8. The van der Waals surface area contributed by atoms with Gasteiger partial charge >= 0.3 is 5.97 Å². The van der Waals surface area contributed by atoms with Gasteiger partial charge in [-0.15, -0.1) is 0 Å². The summed E-state index contributed by atoms with van der Waals surface area (Å²) in [6.07, 6.45) is 0. The lowest BCUT2D eigenvalue weighted by Gasteiger charge is -2.19. The molecular weight excluding hydrogens is 376 g/mol. The zero-order valence-electron chi connectivity index (χ0n) is 16.6. The number of rotatable bonds is 4. The van der Waals surface area contributed by atoms with E-state index in [1.165, 1.54) is 26.0 Å². The number of benzene rings is 1. The van der Waals surface area contributed by atoms with Crippen molar-refractivity contribution in [3.63, 3.8) is 0 Å². The normalized spacial score (nSPS) is 13.0. The van der Waals surface area contributed by atoms with Gasteiger partial charge in [0.05, 0.1) is 16.3 Å². The average Bonchev–Trinajstić information content (AvgIpc) is 3.04. The number of carboxylic acids is 1. The molecule has 0 saturated heterocycles. The highest BCUT2D eigenvalue weighted by Gasteiger charge is 2.43. The van der Waals surface area contributed by atoms with Gasteiger partial charge in [0.1, 0.15) is 0 Å². The zero-order chi connectivity index (χ0) is 20.9. The van der Waals surface area contributed by atoms with Crippen LogP contribution in [0.5, 0.6) is 0 Å². The van der Waals surface area contributed by atoms with Crippen molar-refractivity contribution in [3.05, 3.63) is 48.2 Å². The van der Waals surface area contributed by atoms with E-state index in [0.29, 0.717) is 5.39 Å². The lowest BCUT2D eigenvalue weighted by atomic mass is 9.91. The molecule has 0 aliphatic carbocycles. The van der Waals surface area contributed by atoms with Crippen molar-refractivity contribution in [1.82, 2.24) is 9.97 Å². The number of hydrogen-bond donors (Lipinski definition) is 2. The van der Waals surface area contributed by atoms with E-state index in [9.17, 15) is 18.3 Å². The summed E-state index contributed by atoms with van der Waals surface area (Å²) in [5.74, 6) is -1.38. The molecular formula is C21H24N2O4S. The first-order chi connectivity index (χ1) is 12.8. The second kappa shape index (κ2) is 6.44. The number of carbonyl (C=O) groups is 1. The Hall–Kier alpha value is -2.67. The fraction of sp³-hybridized carbons (Fsp3) is 0.333. The van der Waals surface area contributed by atoms with Gasteiger partial charge in [0.15, 0.2) is 14.6 Å². The highest BCUT2D eigenvalue weighted by Crippen LogP contribution is 2.31. The molecule has 6 nitrogen and oxygen atoms in total. The van der Waals surface area contributed by atoms with Gasteiger partial charge in [-0.2, -0.15) is 0 Å². The first-order valence-electron chi connectivity index (χ1n) is 8.93. The molecule has 0 atom stereocenters. The van der Waals surface area contributed by atoms with E-state index in [1.807, 2.05) is 24.3 Å². The van der Waals surface area contributed by atoms with Crippen LogP contribution in [-0.2, 0) is 20.0 Å². The molecule has 3 rings (SSSR count). The summed E-state index contributed by atoms with van der Waals surface area (Å²) in [5, 5.41) is 9.98. The van der Waals surface area contributed by atoms with Crippen molar-refractivity contribution >= 4 is 26.7 Å². The van der Waals surface area contributed by atoms with E-state index in [4.69, 9.17) is 4.98 Å². The van der Waals surface area contributed by atoms with Crippen LogP contribution in [0.3, 0.4) is 0 Å². The van der Waals surface area contributed by atoms with Gasteiger partial charge in [-0.3, -0.25) is 9.78 Å². The standard InChI is InChI=1S/C21H24N2O4S/c1-20(2,3)18-8-6-7-16(23-18)17-12-13-11-14(9-10-15(13)22-17)28(26,27)21(4,5)19(24)25/h6-12,22H,1-5H3,(H,24,25). The van der Waals surface area contributed by atoms with E-state index in [1.54, 1.807) is 6.07 Å². The van der Waals surface area contributed by atoms with Crippen LogP contribution in [0.2, 0.25) is 0 Å². The zero-order valence-corrected chi connectivity index (χ0v) is 17.4. The molecule has 0 aliphatic heterocycles. The fourth-order valence-electron chi connectivity index (χ4n) is 2.83. The van der Waals surface area contributed by atoms with Gasteiger partial charge < -0.3 is 10.1 Å². The molecule has 2 heterocycles. The summed E-state index contributed by atoms with van der Waals surface area (Å²) < 4.78 is 23.6.